The number of thioether (sulfide) groups is 1. The van der Waals surface area contributed by atoms with E-state index in [1.807, 2.05) is 42.0 Å². The van der Waals surface area contributed by atoms with Gasteiger partial charge in [0.25, 0.3) is 0 Å². The van der Waals surface area contributed by atoms with E-state index in [2.05, 4.69) is 20.9 Å². The molecule has 8 nitrogen and oxygen atoms in total. The van der Waals surface area contributed by atoms with E-state index in [-0.39, 0.29) is 17.7 Å². The molecule has 2 aromatic carbocycles. The molecule has 0 spiro atoms. The second-order valence-electron chi connectivity index (χ2n) is 7.17. The smallest absolute Gasteiger partial charge is 0.319 e. The number of hydrogen-bond acceptors (Lipinski definition) is 5. The van der Waals surface area contributed by atoms with E-state index >= 15 is 0 Å². The van der Waals surface area contributed by atoms with Gasteiger partial charge < -0.3 is 20.4 Å². The van der Waals surface area contributed by atoms with Crippen LogP contribution in [0.3, 0.4) is 0 Å². The molecular weight excluding hydrogens is 438 g/mol. The minimum absolute atomic E-state index is 0.142. The Morgan fingerprint density at radius 2 is 1.76 bits per heavy atom. The van der Waals surface area contributed by atoms with Crippen molar-refractivity contribution in [3.63, 3.8) is 0 Å². The molecule has 3 amide bonds. The highest BCUT2D eigenvalue weighted by Crippen LogP contribution is 2.23. The van der Waals surface area contributed by atoms with E-state index < -0.39 is 0 Å². The van der Waals surface area contributed by atoms with E-state index in [1.54, 1.807) is 48.9 Å². The summed E-state index contributed by atoms with van der Waals surface area (Å²) < 4.78 is 7.15. The predicted octanol–water partition coefficient (Wildman–Crippen LogP) is 4.83. The Kier molecular flexibility index (Phi) is 7.11. The van der Waals surface area contributed by atoms with Crippen LogP contribution in [-0.2, 0) is 11.3 Å². The average molecular weight is 462 g/mol. The molecular formula is C24H23N5O3S. The number of imidazole rings is 1. The summed E-state index contributed by atoms with van der Waals surface area (Å²) in [6.07, 6.45) is 5.17. The van der Waals surface area contributed by atoms with Gasteiger partial charge in [-0.2, -0.15) is 0 Å². The van der Waals surface area contributed by atoms with E-state index in [1.165, 1.54) is 11.8 Å². The predicted molar refractivity (Wildman–Crippen MR) is 129 cm³/mol. The molecule has 0 aliphatic carbocycles. The minimum atomic E-state index is -0.344. The van der Waals surface area contributed by atoms with Crippen molar-refractivity contribution < 1.29 is 14.0 Å². The number of amides is 3. The minimum Gasteiger partial charge on any atom is -0.467 e. The van der Waals surface area contributed by atoms with Gasteiger partial charge in [-0.15, -0.1) is 0 Å². The topological polar surface area (TPSA) is 101 Å². The number of para-hydroxylation sites is 1. The molecule has 0 saturated carbocycles. The number of hydrogen-bond donors (Lipinski definition) is 3. The van der Waals surface area contributed by atoms with Crippen LogP contribution in [0.25, 0.3) is 5.69 Å². The first-order chi connectivity index (χ1) is 16.1. The molecule has 0 radical (unpaired) electrons. The number of carbonyl (C=O) groups excluding carboxylic acids is 2. The van der Waals surface area contributed by atoms with E-state index in [4.69, 9.17) is 4.42 Å². The average Bonchev–Trinajstić information content (AvgIpc) is 3.50. The van der Waals surface area contributed by atoms with Crippen molar-refractivity contribution in [1.82, 2.24) is 14.9 Å². The Bertz CT molecular complexity index is 1220. The second-order valence-corrected chi connectivity index (χ2v) is 8.11. The Labute approximate surface area is 195 Å². The summed E-state index contributed by atoms with van der Waals surface area (Å²) >= 11 is 1.37. The number of anilines is 2. The molecule has 0 aliphatic heterocycles. The van der Waals surface area contributed by atoms with Gasteiger partial charge in [-0.3, -0.25) is 9.36 Å². The van der Waals surface area contributed by atoms with Crippen molar-refractivity contribution in [3.8, 4) is 5.69 Å². The fourth-order valence-electron chi connectivity index (χ4n) is 3.13. The molecule has 0 aliphatic rings. The number of nitrogens with zero attached hydrogens (tertiary/aromatic N) is 2. The zero-order valence-electron chi connectivity index (χ0n) is 17.9. The molecule has 0 unspecified atom stereocenters. The number of benzene rings is 2. The zero-order valence-corrected chi connectivity index (χ0v) is 18.8. The number of aromatic nitrogens is 2. The van der Waals surface area contributed by atoms with Gasteiger partial charge in [-0.1, -0.05) is 30.0 Å². The summed E-state index contributed by atoms with van der Waals surface area (Å²) in [5, 5.41) is 9.05. The van der Waals surface area contributed by atoms with Crippen LogP contribution in [-0.4, -0.2) is 27.2 Å². The highest BCUT2D eigenvalue weighted by Gasteiger charge is 2.11. The fourth-order valence-corrected chi connectivity index (χ4v) is 3.90. The van der Waals surface area contributed by atoms with Gasteiger partial charge >= 0.3 is 6.03 Å². The van der Waals surface area contributed by atoms with Crippen LogP contribution in [0.15, 0.2) is 88.9 Å². The van der Waals surface area contributed by atoms with Gasteiger partial charge in [0.2, 0.25) is 5.91 Å². The highest BCUT2D eigenvalue weighted by atomic mass is 32.2. The van der Waals surface area contributed by atoms with Crippen LogP contribution in [0, 0.1) is 6.92 Å². The Morgan fingerprint density at radius 3 is 2.48 bits per heavy atom. The first kappa shape index (κ1) is 22.2. The lowest BCUT2D eigenvalue weighted by molar-refractivity contribution is -0.113. The van der Waals surface area contributed by atoms with E-state index in [0.29, 0.717) is 23.7 Å². The van der Waals surface area contributed by atoms with Gasteiger partial charge in [-0.25, -0.2) is 9.78 Å². The first-order valence-electron chi connectivity index (χ1n) is 10.3. The highest BCUT2D eigenvalue weighted by molar-refractivity contribution is 7.99. The van der Waals surface area contributed by atoms with Gasteiger partial charge in [0.15, 0.2) is 5.16 Å². The van der Waals surface area contributed by atoms with Crippen LogP contribution in [0.1, 0.15) is 11.3 Å². The number of nitrogens with one attached hydrogen (secondary N) is 3. The summed E-state index contributed by atoms with van der Waals surface area (Å²) in [4.78, 5) is 28.8. The van der Waals surface area contributed by atoms with Gasteiger partial charge in [0.05, 0.1) is 24.2 Å². The molecule has 0 saturated heterocycles. The van der Waals surface area contributed by atoms with E-state index in [9.17, 15) is 9.59 Å². The number of rotatable bonds is 8. The zero-order chi connectivity index (χ0) is 23.0. The standard InChI is InChI=1S/C24H23N5O3S/c1-17-5-2-3-7-21(17)29-13-12-25-24(29)33-16-22(30)27-18-8-10-19(11-9-18)28-23(31)26-15-20-6-4-14-32-20/h2-14H,15-16H2,1H3,(H,27,30)(H2,26,28,31). The van der Waals surface area contributed by atoms with Crippen molar-refractivity contribution in [2.75, 3.05) is 16.4 Å². The molecule has 2 aromatic heterocycles. The van der Waals surface area contributed by atoms with Crippen molar-refractivity contribution in [2.45, 2.75) is 18.6 Å². The number of carbonyl (C=O) groups is 2. The molecule has 0 atom stereocenters. The van der Waals surface area contributed by atoms with Crippen LogP contribution < -0.4 is 16.0 Å². The molecule has 33 heavy (non-hydrogen) atoms. The molecule has 2 heterocycles. The normalized spacial score (nSPS) is 10.6. The third kappa shape index (κ3) is 6.05. The Hall–Kier alpha value is -3.98. The van der Waals surface area contributed by atoms with Crippen molar-refractivity contribution in [3.05, 3.63) is 90.6 Å². The number of furan rings is 1. The van der Waals surface area contributed by atoms with Crippen molar-refractivity contribution in [2.24, 2.45) is 0 Å². The largest absolute Gasteiger partial charge is 0.467 e. The first-order valence-corrected chi connectivity index (χ1v) is 11.3. The summed E-state index contributed by atoms with van der Waals surface area (Å²) in [6, 6.07) is 18.1. The molecule has 9 heteroatoms. The number of urea groups is 1. The monoisotopic (exact) mass is 461 g/mol. The maximum Gasteiger partial charge on any atom is 0.319 e. The van der Waals surface area contributed by atoms with Crippen molar-refractivity contribution >= 4 is 35.1 Å². The SMILES string of the molecule is Cc1ccccc1-n1ccnc1SCC(=O)Nc1ccc(NC(=O)NCc2ccco2)cc1. The Morgan fingerprint density at radius 1 is 1.00 bits per heavy atom. The molecule has 0 bridgehead atoms. The van der Waals surface area contributed by atoms with Crippen molar-refractivity contribution in [1.29, 1.82) is 0 Å². The van der Waals surface area contributed by atoms with Crippen LogP contribution in [0.5, 0.6) is 0 Å². The van der Waals surface area contributed by atoms with Gasteiger partial charge in [0.1, 0.15) is 5.76 Å². The molecule has 4 aromatic rings. The summed E-state index contributed by atoms with van der Waals surface area (Å²) in [6.45, 7) is 2.34. The van der Waals surface area contributed by atoms with E-state index in [0.717, 1.165) is 16.4 Å². The van der Waals surface area contributed by atoms with Gasteiger partial charge in [-0.05, 0) is 55.0 Å². The van der Waals surface area contributed by atoms with Crippen LogP contribution in [0.4, 0.5) is 16.2 Å². The third-order valence-corrected chi connectivity index (χ3v) is 5.71. The Balaban J connectivity index is 1.26. The summed E-state index contributed by atoms with van der Waals surface area (Å²) in [5.74, 6) is 0.747. The molecule has 0 fully saturated rings. The van der Waals surface area contributed by atoms with Gasteiger partial charge in [0, 0.05) is 23.8 Å². The quantitative estimate of drug-likeness (QED) is 0.326. The molecule has 4 rings (SSSR count). The lowest BCUT2D eigenvalue weighted by Crippen LogP contribution is -2.27. The summed E-state index contributed by atoms with van der Waals surface area (Å²) in [5.41, 5.74) is 3.42. The second kappa shape index (κ2) is 10.6. The maximum atomic E-state index is 12.4. The molecule has 3 N–H and O–H groups in total. The maximum absolute atomic E-state index is 12.4. The fraction of sp³-hybridized carbons (Fsp3) is 0.125. The number of aryl methyl sites for hydroxylation is 1. The third-order valence-electron chi connectivity index (χ3n) is 4.74. The lowest BCUT2D eigenvalue weighted by Gasteiger charge is -2.11. The lowest BCUT2D eigenvalue weighted by atomic mass is 10.2. The van der Waals surface area contributed by atoms with Crippen LogP contribution in [0.2, 0.25) is 0 Å². The molecule has 168 valence electrons. The summed E-state index contributed by atoms with van der Waals surface area (Å²) in [7, 11) is 0. The van der Waals surface area contributed by atoms with Crippen LogP contribution >= 0.6 is 11.8 Å².